The first-order valence-corrected chi connectivity index (χ1v) is 6.40. The summed E-state index contributed by atoms with van der Waals surface area (Å²) in [5, 5.41) is 2.03. The van der Waals surface area contributed by atoms with E-state index in [0.29, 0.717) is 0 Å². The zero-order chi connectivity index (χ0) is 15.3. The molecule has 1 amide bonds. The van der Waals surface area contributed by atoms with Crippen LogP contribution in [0.5, 0.6) is 0 Å². The molecule has 1 aromatic carbocycles. The molecule has 1 atom stereocenters. The van der Waals surface area contributed by atoms with Gasteiger partial charge < -0.3 is 11.1 Å². The van der Waals surface area contributed by atoms with Gasteiger partial charge in [0.1, 0.15) is 0 Å². The number of benzene rings is 1. The number of hydrogen-bond acceptors (Lipinski definition) is 3. The number of nitrogens with two attached hydrogens (primary N) is 1. The van der Waals surface area contributed by atoms with Crippen molar-refractivity contribution in [2.45, 2.75) is 18.0 Å². The van der Waals surface area contributed by atoms with Crippen molar-refractivity contribution in [3.63, 3.8) is 0 Å². The van der Waals surface area contributed by atoms with Crippen LogP contribution in [0.1, 0.15) is 6.42 Å². The maximum absolute atomic E-state index is 13.3. The number of anilines is 1. The molecule has 3 N–H and O–H groups in total. The Morgan fingerprint density at radius 1 is 1.35 bits per heavy atom. The number of alkyl halides is 3. The first-order chi connectivity index (χ1) is 9.20. The number of halogens is 5. The molecule has 1 rings (SSSR count). The molecule has 9 heteroatoms. The average molecular weight is 314 g/mol. The molecular formula is C11H11F5N2OS. The number of rotatable bonds is 5. The smallest absolute Gasteiger partial charge is 0.322 e. The second-order valence-corrected chi connectivity index (χ2v) is 4.94. The molecule has 0 spiro atoms. The van der Waals surface area contributed by atoms with Crippen molar-refractivity contribution in [1.29, 1.82) is 0 Å². The predicted molar refractivity (Wildman–Crippen MR) is 66.1 cm³/mol. The summed E-state index contributed by atoms with van der Waals surface area (Å²) >= 11 is -0.303. The van der Waals surface area contributed by atoms with E-state index >= 15 is 0 Å². The largest absolute Gasteiger partial charge is 0.441 e. The van der Waals surface area contributed by atoms with E-state index in [2.05, 4.69) is 0 Å². The zero-order valence-electron chi connectivity index (χ0n) is 10.0. The highest BCUT2D eigenvalue weighted by atomic mass is 32.2. The average Bonchev–Trinajstić information content (AvgIpc) is 2.33. The van der Waals surface area contributed by atoms with E-state index in [0.717, 1.165) is 12.1 Å². The summed E-state index contributed by atoms with van der Waals surface area (Å²) in [6, 6.07) is 1.92. The van der Waals surface area contributed by atoms with Crippen LogP contribution >= 0.6 is 11.8 Å². The molecule has 3 nitrogen and oxygen atoms in total. The van der Waals surface area contributed by atoms with Crippen molar-refractivity contribution < 1.29 is 26.7 Å². The minimum atomic E-state index is -4.40. The van der Waals surface area contributed by atoms with Crippen molar-refractivity contribution in [3.8, 4) is 0 Å². The number of carbonyl (C=O) groups excluding carboxylic acids is 1. The molecule has 0 saturated carbocycles. The lowest BCUT2D eigenvalue weighted by molar-refractivity contribution is -0.117. The summed E-state index contributed by atoms with van der Waals surface area (Å²) in [5.74, 6) is -3.68. The van der Waals surface area contributed by atoms with E-state index in [1.807, 2.05) is 5.32 Å². The van der Waals surface area contributed by atoms with Crippen LogP contribution in [0.25, 0.3) is 0 Å². The van der Waals surface area contributed by atoms with Crippen LogP contribution in [0.3, 0.4) is 0 Å². The third-order valence-corrected chi connectivity index (χ3v) is 3.01. The minimum Gasteiger partial charge on any atom is -0.322 e. The van der Waals surface area contributed by atoms with Crippen molar-refractivity contribution in [3.05, 3.63) is 29.8 Å². The van der Waals surface area contributed by atoms with Gasteiger partial charge in [0, 0.05) is 5.75 Å². The fourth-order valence-electron chi connectivity index (χ4n) is 1.26. The lowest BCUT2D eigenvalue weighted by atomic mass is 10.2. The number of amides is 1. The van der Waals surface area contributed by atoms with Crippen LogP contribution in [-0.4, -0.2) is 23.2 Å². The molecule has 0 unspecified atom stereocenters. The fraction of sp³-hybridized carbons (Fsp3) is 0.364. The molecule has 0 bridgehead atoms. The summed E-state index contributed by atoms with van der Waals surface area (Å²) in [5.41, 5.74) is 0.567. The third-order valence-electron chi connectivity index (χ3n) is 2.24. The topological polar surface area (TPSA) is 55.1 Å². The fourth-order valence-corrected chi connectivity index (χ4v) is 1.86. The molecule has 0 saturated heterocycles. The molecule has 0 aliphatic rings. The Labute approximate surface area is 115 Å². The molecule has 112 valence electrons. The Morgan fingerprint density at radius 2 is 2.00 bits per heavy atom. The Morgan fingerprint density at radius 3 is 2.60 bits per heavy atom. The number of hydrogen-bond donors (Lipinski definition) is 2. The second-order valence-electron chi connectivity index (χ2n) is 3.78. The monoisotopic (exact) mass is 314 g/mol. The van der Waals surface area contributed by atoms with Crippen molar-refractivity contribution in [2.24, 2.45) is 5.73 Å². The molecule has 0 heterocycles. The zero-order valence-corrected chi connectivity index (χ0v) is 10.8. The highest BCUT2D eigenvalue weighted by molar-refractivity contribution is 8.00. The van der Waals surface area contributed by atoms with Gasteiger partial charge in [0.15, 0.2) is 11.6 Å². The van der Waals surface area contributed by atoms with Crippen LogP contribution in [0.15, 0.2) is 18.2 Å². The molecule has 20 heavy (non-hydrogen) atoms. The normalized spacial score (nSPS) is 13.1. The lowest BCUT2D eigenvalue weighted by Gasteiger charge is -2.13. The van der Waals surface area contributed by atoms with Crippen molar-refractivity contribution in [2.75, 3.05) is 11.1 Å². The van der Waals surface area contributed by atoms with E-state index in [-0.39, 0.29) is 18.2 Å². The Kier molecular flexibility index (Phi) is 5.75. The maximum atomic E-state index is 13.3. The van der Waals surface area contributed by atoms with E-state index in [1.54, 1.807) is 0 Å². The molecule has 0 aromatic heterocycles. The Bertz CT molecular complexity index is 480. The molecule has 0 fully saturated rings. The van der Waals surface area contributed by atoms with Gasteiger partial charge in [-0.05, 0) is 18.6 Å². The highest BCUT2D eigenvalue weighted by Gasteiger charge is 2.28. The predicted octanol–water partition coefficient (Wildman–Crippen LogP) is 2.87. The SMILES string of the molecule is N[C@@H](CCSC(F)(F)F)C(=O)Nc1cccc(F)c1F. The van der Waals surface area contributed by atoms with Gasteiger partial charge in [-0.2, -0.15) is 13.2 Å². The van der Waals surface area contributed by atoms with Gasteiger partial charge in [-0.1, -0.05) is 17.8 Å². The molecule has 0 aliphatic carbocycles. The highest BCUT2D eigenvalue weighted by Crippen LogP contribution is 2.30. The van der Waals surface area contributed by atoms with Gasteiger partial charge in [0.2, 0.25) is 5.91 Å². The van der Waals surface area contributed by atoms with Gasteiger partial charge in [0.05, 0.1) is 11.7 Å². The van der Waals surface area contributed by atoms with Gasteiger partial charge >= 0.3 is 5.51 Å². The summed E-state index contributed by atoms with van der Waals surface area (Å²) in [4.78, 5) is 11.5. The first-order valence-electron chi connectivity index (χ1n) is 5.42. The van der Waals surface area contributed by atoms with E-state index in [9.17, 15) is 26.7 Å². The van der Waals surface area contributed by atoms with Gasteiger partial charge in [-0.15, -0.1) is 0 Å². The standard InChI is InChI=1S/C11H11F5N2OS/c12-6-2-1-3-8(9(6)13)18-10(19)7(17)4-5-20-11(14,15)16/h1-3,7H,4-5,17H2,(H,18,19)/t7-/m0/s1. The Hall–Kier alpha value is -1.35. The minimum absolute atomic E-state index is 0.243. The van der Waals surface area contributed by atoms with Gasteiger partial charge in [-0.3, -0.25) is 4.79 Å². The summed E-state index contributed by atoms with van der Waals surface area (Å²) < 4.78 is 61.8. The van der Waals surface area contributed by atoms with Crippen LogP contribution in [0.2, 0.25) is 0 Å². The van der Waals surface area contributed by atoms with Crippen LogP contribution < -0.4 is 11.1 Å². The van der Waals surface area contributed by atoms with Crippen molar-refractivity contribution >= 4 is 23.4 Å². The quantitative estimate of drug-likeness (QED) is 0.822. The summed E-state index contributed by atoms with van der Waals surface area (Å²) in [6.45, 7) is 0. The Balaban J connectivity index is 2.52. The molecular weight excluding hydrogens is 303 g/mol. The van der Waals surface area contributed by atoms with Crippen LogP contribution in [-0.2, 0) is 4.79 Å². The van der Waals surface area contributed by atoms with E-state index in [4.69, 9.17) is 5.73 Å². The number of carbonyl (C=O) groups is 1. The number of thioether (sulfide) groups is 1. The van der Waals surface area contributed by atoms with Crippen LogP contribution in [0, 0.1) is 11.6 Å². The molecule has 0 radical (unpaired) electrons. The van der Waals surface area contributed by atoms with Gasteiger partial charge in [0.25, 0.3) is 0 Å². The second kappa shape index (κ2) is 6.89. The van der Waals surface area contributed by atoms with E-state index in [1.165, 1.54) is 6.07 Å². The first kappa shape index (κ1) is 16.7. The van der Waals surface area contributed by atoms with Crippen LogP contribution in [0.4, 0.5) is 27.6 Å². The molecule has 1 aromatic rings. The summed E-state index contributed by atoms with van der Waals surface area (Å²) in [7, 11) is 0. The maximum Gasteiger partial charge on any atom is 0.441 e. The van der Waals surface area contributed by atoms with Gasteiger partial charge in [-0.25, -0.2) is 8.78 Å². The van der Waals surface area contributed by atoms with Crippen molar-refractivity contribution in [1.82, 2.24) is 0 Å². The summed E-state index contributed by atoms with van der Waals surface area (Å²) in [6.07, 6.45) is -0.243. The third kappa shape index (κ3) is 5.33. The lowest BCUT2D eigenvalue weighted by Crippen LogP contribution is -2.36. The van der Waals surface area contributed by atoms with E-state index < -0.39 is 40.5 Å². The molecule has 0 aliphatic heterocycles. The number of nitrogens with one attached hydrogen (secondary N) is 1.